The van der Waals surface area contributed by atoms with Crippen LogP contribution in [0.2, 0.25) is 0 Å². The van der Waals surface area contributed by atoms with Gasteiger partial charge in [0.25, 0.3) is 0 Å². The molecule has 1 aliphatic carbocycles. The first-order chi connectivity index (χ1) is 10.2. The summed E-state index contributed by atoms with van der Waals surface area (Å²) in [6.07, 6.45) is 2.56. The Hall–Kier alpha value is -1.87. The van der Waals surface area contributed by atoms with Gasteiger partial charge in [0.1, 0.15) is 5.82 Å². The highest BCUT2D eigenvalue weighted by atomic mass is 19.1. The predicted molar refractivity (Wildman–Crippen MR) is 83.0 cm³/mol. The van der Waals surface area contributed by atoms with Gasteiger partial charge < -0.3 is 10.4 Å². The summed E-state index contributed by atoms with van der Waals surface area (Å²) in [5, 5.41) is 12.8. The molecule has 3 rings (SSSR count). The van der Waals surface area contributed by atoms with E-state index in [9.17, 15) is 9.50 Å². The minimum atomic E-state index is -0.265. The van der Waals surface area contributed by atoms with Gasteiger partial charge in [-0.25, -0.2) is 4.39 Å². The standard InChI is InChI=1S/C18H20FNO/c1-12-8-16(19)10-17(9-12)20-18(11-21)15-6-4-14(5-7-15)13-2-3-13/h4-10,13,18,20-21H,2-3,11H2,1H3. The molecular weight excluding hydrogens is 265 g/mol. The average molecular weight is 285 g/mol. The van der Waals surface area contributed by atoms with E-state index in [2.05, 4.69) is 17.4 Å². The summed E-state index contributed by atoms with van der Waals surface area (Å²) in [5.41, 5.74) is 3.94. The molecule has 2 aromatic carbocycles. The van der Waals surface area contributed by atoms with Crippen molar-refractivity contribution in [3.63, 3.8) is 0 Å². The zero-order valence-corrected chi connectivity index (χ0v) is 12.1. The van der Waals surface area contributed by atoms with Gasteiger partial charge in [0.2, 0.25) is 0 Å². The second-order valence-electron chi connectivity index (χ2n) is 5.84. The maximum Gasteiger partial charge on any atom is 0.125 e. The van der Waals surface area contributed by atoms with Crippen LogP contribution in [0.1, 0.15) is 41.5 Å². The van der Waals surface area contributed by atoms with Crippen molar-refractivity contribution < 1.29 is 9.50 Å². The third kappa shape index (κ3) is 3.42. The fourth-order valence-corrected chi connectivity index (χ4v) is 2.67. The zero-order chi connectivity index (χ0) is 14.8. The third-order valence-corrected chi connectivity index (χ3v) is 3.95. The summed E-state index contributed by atoms with van der Waals surface area (Å²) >= 11 is 0. The molecule has 1 fully saturated rings. The normalized spacial score (nSPS) is 15.8. The average Bonchev–Trinajstić information content (AvgIpc) is 3.28. The van der Waals surface area contributed by atoms with Crippen LogP contribution >= 0.6 is 0 Å². The summed E-state index contributed by atoms with van der Waals surface area (Å²) in [6, 6.07) is 13.0. The number of benzene rings is 2. The van der Waals surface area contributed by atoms with Crippen molar-refractivity contribution in [2.24, 2.45) is 0 Å². The smallest absolute Gasteiger partial charge is 0.125 e. The van der Waals surface area contributed by atoms with E-state index in [-0.39, 0.29) is 18.5 Å². The number of hydrogen-bond acceptors (Lipinski definition) is 2. The number of aryl methyl sites for hydroxylation is 1. The van der Waals surface area contributed by atoms with Crippen LogP contribution in [0, 0.1) is 12.7 Å². The Labute approximate surface area is 124 Å². The third-order valence-electron chi connectivity index (χ3n) is 3.95. The van der Waals surface area contributed by atoms with Crippen molar-refractivity contribution in [2.45, 2.75) is 31.7 Å². The van der Waals surface area contributed by atoms with Gasteiger partial charge in [0.15, 0.2) is 0 Å². The minimum Gasteiger partial charge on any atom is -0.394 e. The fraction of sp³-hybridized carbons (Fsp3) is 0.333. The van der Waals surface area contributed by atoms with Gasteiger partial charge in [-0.3, -0.25) is 0 Å². The molecule has 2 N–H and O–H groups in total. The van der Waals surface area contributed by atoms with Crippen LogP contribution in [0.25, 0.3) is 0 Å². The summed E-state index contributed by atoms with van der Waals surface area (Å²) in [5.74, 6) is 0.462. The Morgan fingerprint density at radius 2 is 1.90 bits per heavy atom. The zero-order valence-electron chi connectivity index (χ0n) is 12.1. The summed E-state index contributed by atoms with van der Waals surface area (Å²) in [4.78, 5) is 0. The van der Waals surface area contributed by atoms with Crippen molar-refractivity contribution in [1.82, 2.24) is 0 Å². The van der Waals surface area contributed by atoms with Gasteiger partial charge >= 0.3 is 0 Å². The van der Waals surface area contributed by atoms with Crippen LogP contribution in [-0.4, -0.2) is 11.7 Å². The molecule has 110 valence electrons. The Balaban J connectivity index is 1.77. The lowest BCUT2D eigenvalue weighted by atomic mass is 10.0. The topological polar surface area (TPSA) is 32.3 Å². The molecule has 0 amide bonds. The molecule has 0 aromatic heterocycles. The highest BCUT2D eigenvalue weighted by Gasteiger charge is 2.23. The highest BCUT2D eigenvalue weighted by molar-refractivity contribution is 5.48. The van der Waals surface area contributed by atoms with Crippen LogP contribution in [-0.2, 0) is 0 Å². The van der Waals surface area contributed by atoms with Crippen LogP contribution in [0.15, 0.2) is 42.5 Å². The van der Waals surface area contributed by atoms with E-state index in [1.165, 1.54) is 30.5 Å². The Kier molecular flexibility index (Phi) is 3.93. The molecule has 1 unspecified atom stereocenters. The number of hydrogen-bond donors (Lipinski definition) is 2. The van der Waals surface area contributed by atoms with Gasteiger partial charge in [-0.1, -0.05) is 24.3 Å². The van der Waals surface area contributed by atoms with E-state index in [0.717, 1.165) is 17.0 Å². The number of aliphatic hydroxyl groups excluding tert-OH is 1. The lowest BCUT2D eigenvalue weighted by molar-refractivity contribution is 0.276. The van der Waals surface area contributed by atoms with E-state index >= 15 is 0 Å². The monoisotopic (exact) mass is 285 g/mol. The maximum absolute atomic E-state index is 13.4. The van der Waals surface area contributed by atoms with Crippen molar-refractivity contribution in [3.05, 3.63) is 65.0 Å². The van der Waals surface area contributed by atoms with E-state index in [1.54, 1.807) is 0 Å². The SMILES string of the molecule is Cc1cc(F)cc(NC(CO)c2ccc(C3CC3)cc2)c1. The fourth-order valence-electron chi connectivity index (χ4n) is 2.67. The molecule has 3 heteroatoms. The summed E-state index contributed by atoms with van der Waals surface area (Å²) in [6.45, 7) is 1.82. The van der Waals surface area contributed by atoms with E-state index in [4.69, 9.17) is 0 Å². The Morgan fingerprint density at radius 3 is 2.48 bits per heavy atom. The van der Waals surface area contributed by atoms with E-state index in [1.807, 2.05) is 25.1 Å². The minimum absolute atomic E-state index is 0.0294. The van der Waals surface area contributed by atoms with Gasteiger partial charge in [-0.2, -0.15) is 0 Å². The maximum atomic E-state index is 13.4. The van der Waals surface area contributed by atoms with Crippen molar-refractivity contribution in [2.75, 3.05) is 11.9 Å². The van der Waals surface area contributed by atoms with E-state index in [0.29, 0.717) is 5.69 Å². The van der Waals surface area contributed by atoms with Crippen molar-refractivity contribution >= 4 is 5.69 Å². The van der Waals surface area contributed by atoms with Crippen molar-refractivity contribution in [3.8, 4) is 0 Å². The largest absolute Gasteiger partial charge is 0.394 e. The lowest BCUT2D eigenvalue weighted by Gasteiger charge is -2.19. The molecule has 2 aromatic rings. The van der Waals surface area contributed by atoms with Gasteiger partial charge in [0.05, 0.1) is 12.6 Å². The van der Waals surface area contributed by atoms with Crippen molar-refractivity contribution in [1.29, 1.82) is 0 Å². The molecule has 1 aliphatic rings. The molecular formula is C18H20FNO. The first-order valence-electron chi connectivity index (χ1n) is 7.40. The van der Waals surface area contributed by atoms with Gasteiger partial charge in [0, 0.05) is 5.69 Å². The lowest BCUT2D eigenvalue weighted by Crippen LogP contribution is -2.15. The molecule has 0 heterocycles. The van der Waals surface area contributed by atoms with Crippen LogP contribution in [0.4, 0.5) is 10.1 Å². The number of halogens is 1. The van der Waals surface area contributed by atoms with Gasteiger partial charge in [-0.05, 0) is 60.6 Å². The Morgan fingerprint density at radius 1 is 1.19 bits per heavy atom. The van der Waals surface area contributed by atoms with Gasteiger partial charge in [-0.15, -0.1) is 0 Å². The second kappa shape index (κ2) is 5.86. The molecule has 21 heavy (non-hydrogen) atoms. The molecule has 1 atom stereocenters. The first-order valence-corrected chi connectivity index (χ1v) is 7.40. The number of rotatable bonds is 5. The highest BCUT2D eigenvalue weighted by Crippen LogP contribution is 2.40. The predicted octanol–water partition coefficient (Wildman–Crippen LogP) is 4.16. The molecule has 0 bridgehead atoms. The molecule has 0 spiro atoms. The van der Waals surface area contributed by atoms with Crippen LogP contribution < -0.4 is 5.32 Å². The summed E-state index contributed by atoms with van der Waals surface area (Å²) in [7, 11) is 0. The summed E-state index contributed by atoms with van der Waals surface area (Å²) < 4.78 is 13.4. The number of anilines is 1. The Bertz CT molecular complexity index is 599. The van der Waals surface area contributed by atoms with E-state index < -0.39 is 0 Å². The quantitative estimate of drug-likeness (QED) is 0.864. The molecule has 0 saturated heterocycles. The molecule has 1 saturated carbocycles. The van der Waals surface area contributed by atoms with Crippen LogP contribution in [0.3, 0.4) is 0 Å². The number of nitrogens with one attached hydrogen (secondary N) is 1. The second-order valence-corrected chi connectivity index (χ2v) is 5.84. The molecule has 0 radical (unpaired) electrons. The number of aliphatic hydroxyl groups is 1. The molecule has 2 nitrogen and oxygen atoms in total. The first kappa shape index (κ1) is 14.1. The molecule has 0 aliphatic heterocycles. The van der Waals surface area contributed by atoms with Crippen LogP contribution in [0.5, 0.6) is 0 Å².